The fourth-order valence-corrected chi connectivity index (χ4v) is 2.56. The van der Waals surface area contributed by atoms with Crippen molar-refractivity contribution in [2.45, 2.75) is 19.8 Å². The van der Waals surface area contributed by atoms with E-state index in [4.69, 9.17) is 9.47 Å². The monoisotopic (exact) mass is 368 g/mol. The number of methoxy groups -OCH3 is 1. The largest absolute Gasteiger partial charge is 0.491 e. The zero-order valence-electron chi connectivity index (χ0n) is 15.6. The number of hydrogen-bond acceptors (Lipinski definition) is 4. The van der Waals surface area contributed by atoms with Gasteiger partial charge in [-0.1, -0.05) is 6.07 Å². The summed E-state index contributed by atoms with van der Waals surface area (Å²) in [6.07, 6.45) is 1.90. The Balaban J connectivity index is 1.62. The van der Waals surface area contributed by atoms with Gasteiger partial charge in [-0.15, -0.1) is 0 Å². The van der Waals surface area contributed by atoms with Crippen molar-refractivity contribution < 1.29 is 19.1 Å². The lowest BCUT2D eigenvalue weighted by molar-refractivity contribution is -0.117. The smallest absolute Gasteiger partial charge is 0.255 e. The Hall–Kier alpha value is -2.86. The molecule has 2 N–H and O–H groups in total. The first-order valence-corrected chi connectivity index (χ1v) is 9.01. The number of ether oxygens (including phenoxy) is 2. The van der Waals surface area contributed by atoms with Crippen LogP contribution in [-0.2, 0) is 9.53 Å². The van der Waals surface area contributed by atoms with Crippen molar-refractivity contribution in [3.05, 3.63) is 53.6 Å². The van der Waals surface area contributed by atoms with Crippen molar-refractivity contribution in [3.8, 4) is 5.75 Å². The topological polar surface area (TPSA) is 76.7 Å². The third-order valence-electron chi connectivity index (χ3n) is 4.37. The molecule has 6 nitrogen and oxygen atoms in total. The second-order valence-electron chi connectivity index (χ2n) is 6.61. The molecule has 1 fully saturated rings. The zero-order valence-corrected chi connectivity index (χ0v) is 15.6. The van der Waals surface area contributed by atoms with Crippen LogP contribution in [0.5, 0.6) is 5.75 Å². The number of anilines is 2. The minimum Gasteiger partial charge on any atom is -0.491 e. The van der Waals surface area contributed by atoms with Crippen molar-refractivity contribution in [1.29, 1.82) is 0 Å². The summed E-state index contributed by atoms with van der Waals surface area (Å²) in [5.74, 6) is 0.642. The summed E-state index contributed by atoms with van der Waals surface area (Å²) in [6, 6.07) is 12.4. The summed E-state index contributed by atoms with van der Waals surface area (Å²) in [5.41, 5.74) is 2.85. The number of carbonyl (C=O) groups excluding carboxylic acids is 2. The molecule has 1 saturated carbocycles. The van der Waals surface area contributed by atoms with Crippen LogP contribution in [0.15, 0.2) is 42.5 Å². The standard InChI is InChI=1S/C21H24N2O4/c1-14-3-8-17(13-19(14)23-21(25)15-4-5-15)22-20(24)16-6-9-18(10-7-16)27-12-11-26-2/h3,6-10,13,15H,4-5,11-12H2,1-2H3,(H,22,24)(H,23,25). The molecule has 0 atom stereocenters. The number of rotatable bonds is 8. The fraction of sp³-hybridized carbons (Fsp3) is 0.333. The van der Waals surface area contributed by atoms with Gasteiger partial charge in [0.1, 0.15) is 12.4 Å². The molecule has 0 aromatic heterocycles. The van der Waals surface area contributed by atoms with Gasteiger partial charge in [-0.3, -0.25) is 9.59 Å². The summed E-state index contributed by atoms with van der Waals surface area (Å²) in [6.45, 7) is 2.90. The van der Waals surface area contributed by atoms with Crippen LogP contribution in [0.2, 0.25) is 0 Å². The van der Waals surface area contributed by atoms with E-state index in [2.05, 4.69) is 10.6 Å². The number of aryl methyl sites for hydroxylation is 1. The summed E-state index contributed by atoms with van der Waals surface area (Å²) in [7, 11) is 1.62. The zero-order chi connectivity index (χ0) is 19.2. The van der Waals surface area contributed by atoms with Crippen LogP contribution in [0, 0.1) is 12.8 Å². The van der Waals surface area contributed by atoms with E-state index < -0.39 is 0 Å². The molecular formula is C21H24N2O4. The molecule has 0 radical (unpaired) electrons. The number of amides is 2. The molecule has 6 heteroatoms. The first-order chi connectivity index (χ1) is 13.1. The van der Waals surface area contributed by atoms with Crippen LogP contribution in [0.3, 0.4) is 0 Å². The maximum Gasteiger partial charge on any atom is 0.255 e. The van der Waals surface area contributed by atoms with Crippen LogP contribution < -0.4 is 15.4 Å². The average Bonchev–Trinajstić information content (AvgIpc) is 3.50. The molecule has 0 bridgehead atoms. The van der Waals surface area contributed by atoms with E-state index in [-0.39, 0.29) is 17.7 Å². The first-order valence-electron chi connectivity index (χ1n) is 9.01. The minimum absolute atomic E-state index is 0.0469. The van der Waals surface area contributed by atoms with Crippen molar-refractivity contribution in [1.82, 2.24) is 0 Å². The van der Waals surface area contributed by atoms with Gasteiger partial charge >= 0.3 is 0 Å². The number of benzene rings is 2. The Labute approximate surface area is 158 Å². The summed E-state index contributed by atoms with van der Waals surface area (Å²) in [4.78, 5) is 24.5. The van der Waals surface area contributed by atoms with Gasteiger partial charge in [0.05, 0.1) is 6.61 Å². The lowest BCUT2D eigenvalue weighted by atomic mass is 10.1. The van der Waals surface area contributed by atoms with Crippen LogP contribution in [-0.4, -0.2) is 32.1 Å². The van der Waals surface area contributed by atoms with Crippen LogP contribution >= 0.6 is 0 Å². The van der Waals surface area contributed by atoms with Crippen molar-refractivity contribution in [3.63, 3.8) is 0 Å². The molecule has 1 aliphatic carbocycles. The van der Waals surface area contributed by atoms with Gasteiger partial charge in [-0.25, -0.2) is 0 Å². The van der Waals surface area contributed by atoms with Gasteiger partial charge in [0, 0.05) is 30.0 Å². The first kappa shape index (κ1) is 18.9. The Morgan fingerprint density at radius 2 is 1.78 bits per heavy atom. The molecule has 0 aliphatic heterocycles. The van der Waals surface area contributed by atoms with Crippen LogP contribution in [0.4, 0.5) is 11.4 Å². The highest BCUT2D eigenvalue weighted by molar-refractivity contribution is 6.05. The Kier molecular flexibility index (Phi) is 6.08. The summed E-state index contributed by atoms with van der Waals surface area (Å²) in [5, 5.41) is 5.81. The third-order valence-corrected chi connectivity index (χ3v) is 4.37. The van der Waals surface area contributed by atoms with Crippen LogP contribution in [0.1, 0.15) is 28.8 Å². The summed E-state index contributed by atoms with van der Waals surface area (Å²) < 4.78 is 10.4. The fourth-order valence-electron chi connectivity index (χ4n) is 2.56. The molecule has 0 unspecified atom stereocenters. The quantitative estimate of drug-likeness (QED) is 0.698. The van der Waals surface area contributed by atoms with Gasteiger partial charge < -0.3 is 20.1 Å². The predicted molar refractivity (Wildman–Crippen MR) is 104 cm³/mol. The average molecular weight is 368 g/mol. The maximum absolute atomic E-state index is 12.5. The SMILES string of the molecule is COCCOc1ccc(C(=O)Nc2ccc(C)c(NC(=O)C3CC3)c2)cc1. The van der Waals surface area contributed by atoms with Crippen molar-refractivity contribution in [2.24, 2.45) is 5.92 Å². The molecule has 2 amide bonds. The van der Waals surface area contributed by atoms with Crippen molar-refractivity contribution in [2.75, 3.05) is 31.0 Å². The second-order valence-corrected chi connectivity index (χ2v) is 6.61. The van der Waals surface area contributed by atoms with Gasteiger partial charge in [-0.2, -0.15) is 0 Å². The Morgan fingerprint density at radius 1 is 1.04 bits per heavy atom. The van der Waals surface area contributed by atoms with E-state index in [1.165, 1.54) is 0 Å². The number of nitrogens with one attached hydrogen (secondary N) is 2. The van der Waals surface area contributed by atoms with E-state index in [0.717, 1.165) is 24.1 Å². The molecule has 2 aromatic rings. The normalized spacial score (nSPS) is 13.1. The third kappa shape index (κ3) is 5.31. The highest BCUT2D eigenvalue weighted by Crippen LogP contribution is 2.31. The van der Waals surface area contributed by atoms with Gasteiger partial charge in [0.25, 0.3) is 5.91 Å². The summed E-state index contributed by atoms with van der Waals surface area (Å²) >= 11 is 0. The molecule has 27 heavy (non-hydrogen) atoms. The van der Waals surface area contributed by atoms with E-state index >= 15 is 0 Å². The van der Waals surface area contributed by atoms with E-state index in [1.54, 1.807) is 37.4 Å². The van der Waals surface area contributed by atoms with Crippen molar-refractivity contribution >= 4 is 23.2 Å². The van der Waals surface area contributed by atoms with E-state index in [9.17, 15) is 9.59 Å². The predicted octanol–water partition coefficient (Wildman–Crippen LogP) is 3.62. The molecule has 0 saturated heterocycles. The van der Waals surface area contributed by atoms with Gasteiger partial charge in [0.2, 0.25) is 5.91 Å². The molecule has 142 valence electrons. The highest BCUT2D eigenvalue weighted by atomic mass is 16.5. The van der Waals surface area contributed by atoms with Gasteiger partial charge in [-0.05, 0) is 61.7 Å². The molecular weight excluding hydrogens is 344 g/mol. The van der Waals surface area contributed by atoms with Crippen LogP contribution in [0.25, 0.3) is 0 Å². The second kappa shape index (κ2) is 8.68. The van der Waals surface area contributed by atoms with E-state index in [1.807, 2.05) is 19.1 Å². The molecule has 0 spiro atoms. The lowest BCUT2D eigenvalue weighted by Crippen LogP contribution is -2.15. The molecule has 3 rings (SSSR count). The highest BCUT2D eigenvalue weighted by Gasteiger charge is 2.29. The Morgan fingerprint density at radius 3 is 2.44 bits per heavy atom. The lowest BCUT2D eigenvalue weighted by Gasteiger charge is -2.12. The van der Waals surface area contributed by atoms with E-state index in [0.29, 0.717) is 30.2 Å². The number of carbonyl (C=O) groups is 2. The molecule has 0 heterocycles. The van der Waals surface area contributed by atoms with Gasteiger partial charge in [0.15, 0.2) is 0 Å². The Bertz CT molecular complexity index is 813. The maximum atomic E-state index is 12.5. The molecule has 2 aromatic carbocycles. The number of hydrogen-bond donors (Lipinski definition) is 2. The minimum atomic E-state index is -0.221. The molecule has 1 aliphatic rings.